The molecule has 21 heavy (non-hydrogen) atoms. The highest BCUT2D eigenvalue weighted by molar-refractivity contribution is 5.82. The second-order valence-electron chi connectivity index (χ2n) is 6.02. The van der Waals surface area contributed by atoms with Gasteiger partial charge in [0.25, 0.3) is 0 Å². The number of amides is 1. The SMILES string of the molecule is Cn1nc(C(N)CNC(=O)OC(C)(C)C)c2ccccc21. The maximum Gasteiger partial charge on any atom is 0.407 e. The van der Waals surface area contributed by atoms with Gasteiger partial charge in [-0.2, -0.15) is 5.10 Å². The molecule has 0 aliphatic carbocycles. The normalized spacial score (nSPS) is 13.2. The van der Waals surface area contributed by atoms with Gasteiger partial charge in [0.15, 0.2) is 0 Å². The molecular formula is C15H22N4O2. The van der Waals surface area contributed by atoms with Crippen LogP contribution in [0.5, 0.6) is 0 Å². The number of ether oxygens (including phenoxy) is 1. The van der Waals surface area contributed by atoms with E-state index in [4.69, 9.17) is 10.5 Å². The van der Waals surface area contributed by atoms with E-state index in [1.807, 2.05) is 52.1 Å². The molecule has 0 bridgehead atoms. The summed E-state index contributed by atoms with van der Waals surface area (Å²) in [5.74, 6) is 0. The number of rotatable bonds is 3. The van der Waals surface area contributed by atoms with Crippen molar-refractivity contribution in [2.75, 3.05) is 6.54 Å². The third kappa shape index (κ3) is 3.72. The highest BCUT2D eigenvalue weighted by atomic mass is 16.6. The van der Waals surface area contributed by atoms with Crippen molar-refractivity contribution in [1.29, 1.82) is 0 Å². The minimum Gasteiger partial charge on any atom is -0.444 e. The Morgan fingerprint density at radius 2 is 2.10 bits per heavy atom. The molecule has 1 heterocycles. The second-order valence-corrected chi connectivity index (χ2v) is 6.02. The summed E-state index contributed by atoms with van der Waals surface area (Å²) in [5.41, 5.74) is 7.40. The van der Waals surface area contributed by atoms with E-state index in [0.29, 0.717) is 0 Å². The van der Waals surface area contributed by atoms with Crippen molar-refractivity contribution in [3.63, 3.8) is 0 Å². The van der Waals surface area contributed by atoms with E-state index in [9.17, 15) is 4.79 Å². The van der Waals surface area contributed by atoms with Crippen molar-refractivity contribution >= 4 is 17.0 Å². The first-order chi connectivity index (χ1) is 9.78. The fourth-order valence-electron chi connectivity index (χ4n) is 2.12. The Labute approximate surface area is 124 Å². The number of fused-ring (bicyclic) bond motifs is 1. The quantitative estimate of drug-likeness (QED) is 0.907. The highest BCUT2D eigenvalue weighted by Gasteiger charge is 2.19. The summed E-state index contributed by atoms with van der Waals surface area (Å²) in [7, 11) is 1.87. The molecule has 1 unspecified atom stereocenters. The fourth-order valence-corrected chi connectivity index (χ4v) is 2.12. The molecule has 6 nitrogen and oxygen atoms in total. The number of hydrogen-bond donors (Lipinski definition) is 2. The number of carbonyl (C=O) groups is 1. The third-order valence-corrected chi connectivity index (χ3v) is 3.00. The van der Waals surface area contributed by atoms with E-state index in [0.717, 1.165) is 16.6 Å². The van der Waals surface area contributed by atoms with E-state index in [2.05, 4.69) is 10.4 Å². The predicted octanol–water partition coefficient (Wildman–Crippen LogP) is 2.10. The van der Waals surface area contributed by atoms with Crippen LogP contribution < -0.4 is 11.1 Å². The number of nitrogens with zero attached hydrogens (tertiary/aromatic N) is 2. The Morgan fingerprint density at radius 3 is 2.76 bits per heavy atom. The standard InChI is InChI=1S/C15H22N4O2/c1-15(2,3)21-14(20)17-9-11(16)13-10-7-5-6-8-12(10)19(4)18-13/h5-8,11H,9,16H2,1-4H3,(H,17,20). The molecule has 0 fully saturated rings. The monoisotopic (exact) mass is 290 g/mol. The molecule has 0 aliphatic heterocycles. The number of carbonyl (C=O) groups excluding carboxylic acids is 1. The van der Waals surface area contributed by atoms with Crippen LogP contribution >= 0.6 is 0 Å². The maximum absolute atomic E-state index is 11.6. The van der Waals surface area contributed by atoms with Crippen LogP contribution in [0.4, 0.5) is 4.79 Å². The maximum atomic E-state index is 11.6. The molecule has 1 aromatic carbocycles. The van der Waals surface area contributed by atoms with Gasteiger partial charge >= 0.3 is 6.09 Å². The summed E-state index contributed by atoms with van der Waals surface area (Å²) in [5, 5.41) is 8.12. The lowest BCUT2D eigenvalue weighted by molar-refractivity contribution is 0.0524. The molecule has 3 N–H and O–H groups in total. The van der Waals surface area contributed by atoms with E-state index >= 15 is 0 Å². The molecule has 0 saturated carbocycles. The minimum absolute atomic E-state index is 0.274. The van der Waals surface area contributed by atoms with E-state index in [1.165, 1.54) is 0 Å². The molecular weight excluding hydrogens is 268 g/mol. The van der Waals surface area contributed by atoms with Gasteiger partial charge in [-0.05, 0) is 26.8 Å². The second kappa shape index (κ2) is 5.73. The molecule has 0 spiro atoms. The van der Waals surface area contributed by atoms with Crippen LogP contribution in [0.25, 0.3) is 10.9 Å². The number of hydrogen-bond acceptors (Lipinski definition) is 4. The van der Waals surface area contributed by atoms with Crippen molar-refractivity contribution in [2.24, 2.45) is 12.8 Å². The smallest absolute Gasteiger partial charge is 0.407 e. The molecule has 2 rings (SSSR count). The Balaban J connectivity index is 2.06. The van der Waals surface area contributed by atoms with Gasteiger partial charge in [-0.25, -0.2) is 4.79 Å². The topological polar surface area (TPSA) is 82.2 Å². The molecule has 1 amide bonds. The van der Waals surface area contributed by atoms with Crippen LogP contribution in [0.1, 0.15) is 32.5 Å². The van der Waals surface area contributed by atoms with Crippen LogP contribution in [0, 0.1) is 0 Å². The lowest BCUT2D eigenvalue weighted by Crippen LogP contribution is -2.36. The number of alkyl carbamates (subject to hydrolysis) is 1. The van der Waals surface area contributed by atoms with Crippen molar-refractivity contribution in [3.8, 4) is 0 Å². The number of nitrogens with two attached hydrogens (primary N) is 1. The van der Waals surface area contributed by atoms with Gasteiger partial charge in [-0.15, -0.1) is 0 Å². The zero-order valence-corrected chi connectivity index (χ0v) is 12.9. The molecule has 0 saturated heterocycles. The number of para-hydroxylation sites is 1. The zero-order chi connectivity index (χ0) is 15.6. The molecule has 0 aliphatic rings. The van der Waals surface area contributed by atoms with Gasteiger partial charge in [-0.1, -0.05) is 18.2 Å². The van der Waals surface area contributed by atoms with Crippen LogP contribution in [-0.4, -0.2) is 28.0 Å². The first-order valence-corrected chi connectivity index (χ1v) is 6.92. The van der Waals surface area contributed by atoms with Crippen molar-refractivity contribution in [1.82, 2.24) is 15.1 Å². The molecule has 0 radical (unpaired) electrons. The Bertz CT molecular complexity index is 643. The summed E-state index contributed by atoms with van der Waals surface area (Å²) >= 11 is 0. The van der Waals surface area contributed by atoms with Gasteiger partial charge in [0.1, 0.15) is 5.60 Å². The Hall–Kier alpha value is -2.08. The van der Waals surface area contributed by atoms with Gasteiger partial charge in [0.2, 0.25) is 0 Å². The van der Waals surface area contributed by atoms with Crippen LogP contribution in [0.3, 0.4) is 0 Å². The first kappa shape index (κ1) is 15.3. The number of aromatic nitrogens is 2. The van der Waals surface area contributed by atoms with E-state index in [1.54, 1.807) is 4.68 Å². The fraction of sp³-hybridized carbons (Fsp3) is 0.467. The lowest BCUT2D eigenvalue weighted by atomic mass is 10.1. The van der Waals surface area contributed by atoms with Crippen LogP contribution in [-0.2, 0) is 11.8 Å². The summed E-state index contributed by atoms with van der Waals surface area (Å²) in [6.45, 7) is 5.73. The number of benzene rings is 1. The van der Waals surface area contributed by atoms with E-state index in [-0.39, 0.29) is 12.6 Å². The molecule has 6 heteroatoms. The zero-order valence-electron chi connectivity index (χ0n) is 12.9. The van der Waals surface area contributed by atoms with Gasteiger partial charge < -0.3 is 15.8 Å². The average molecular weight is 290 g/mol. The summed E-state index contributed by atoms with van der Waals surface area (Å²) in [6.07, 6.45) is -0.474. The third-order valence-electron chi connectivity index (χ3n) is 3.00. The van der Waals surface area contributed by atoms with Crippen LogP contribution in [0.2, 0.25) is 0 Å². The Morgan fingerprint density at radius 1 is 1.43 bits per heavy atom. The van der Waals surface area contributed by atoms with Gasteiger partial charge in [0.05, 0.1) is 17.3 Å². The Kier molecular flexibility index (Phi) is 4.18. The lowest BCUT2D eigenvalue weighted by Gasteiger charge is -2.20. The van der Waals surface area contributed by atoms with E-state index < -0.39 is 11.7 Å². The van der Waals surface area contributed by atoms with Gasteiger partial charge in [0, 0.05) is 19.0 Å². The first-order valence-electron chi connectivity index (χ1n) is 6.92. The molecule has 2 aromatic rings. The number of nitrogens with one attached hydrogen (secondary N) is 1. The predicted molar refractivity (Wildman–Crippen MR) is 81.9 cm³/mol. The summed E-state index contributed by atoms with van der Waals surface area (Å²) in [6, 6.07) is 7.48. The molecule has 114 valence electrons. The number of aryl methyl sites for hydroxylation is 1. The molecule has 1 aromatic heterocycles. The van der Waals surface area contributed by atoms with Crippen molar-refractivity contribution in [2.45, 2.75) is 32.4 Å². The van der Waals surface area contributed by atoms with Crippen molar-refractivity contribution in [3.05, 3.63) is 30.0 Å². The average Bonchev–Trinajstić information content (AvgIpc) is 2.72. The molecule has 1 atom stereocenters. The highest BCUT2D eigenvalue weighted by Crippen LogP contribution is 2.21. The van der Waals surface area contributed by atoms with Gasteiger partial charge in [-0.3, -0.25) is 4.68 Å². The van der Waals surface area contributed by atoms with Crippen molar-refractivity contribution < 1.29 is 9.53 Å². The summed E-state index contributed by atoms with van der Waals surface area (Å²) in [4.78, 5) is 11.6. The largest absolute Gasteiger partial charge is 0.444 e. The minimum atomic E-state index is -0.522. The summed E-state index contributed by atoms with van der Waals surface area (Å²) < 4.78 is 6.98. The van der Waals surface area contributed by atoms with Crippen LogP contribution in [0.15, 0.2) is 24.3 Å².